The Balaban J connectivity index is 3.00. The first-order valence-electron chi connectivity index (χ1n) is 7.38. The first kappa shape index (κ1) is 15.0. The van der Waals surface area contributed by atoms with Crippen LogP contribution in [0.2, 0.25) is 0 Å². The minimum Gasteiger partial charge on any atom is -0.389 e. The molecule has 3 unspecified atom stereocenters. The molecule has 0 saturated heterocycles. The Bertz CT molecular complexity index is 241. The lowest BCUT2D eigenvalue weighted by Gasteiger charge is -2.53. The van der Waals surface area contributed by atoms with Gasteiger partial charge in [-0.15, -0.1) is 0 Å². The summed E-state index contributed by atoms with van der Waals surface area (Å²) in [6.45, 7) is 9.27. The van der Waals surface area contributed by atoms with Crippen LogP contribution in [0.5, 0.6) is 0 Å². The molecule has 0 aromatic rings. The van der Waals surface area contributed by atoms with Crippen LogP contribution in [0.3, 0.4) is 0 Å². The summed E-state index contributed by atoms with van der Waals surface area (Å²) in [7, 11) is 0. The van der Waals surface area contributed by atoms with Gasteiger partial charge in [-0.25, -0.2) is 0 Å². The summed E-state index contributed by atoms with van der Waals surface area (Å²) >= 11 is 0. The fraction of sp³-hybridized carbons (Fsp3) is 1.00. The summed E-state index contributed by atoms with van der Waals surface area (Å²) in [6.07, 6.45) is 6.80. The zero-order valence-electron chi connectivity index (χ0n) is 12.1. The molecule has 102 valence electrons. The van der Waals surface area contributed by atoms with Crippen molar-refractivity contribution in [2.45, 2.75) is 71.8 Å². The Hall–Kier alpha value is -0.0800. The van der Waals surface area contributed by atoms with Gasteiger partial charge in [-0.05, 0) is 31.1 Å². The third-order valence-corrected chi connectivity index (χ3v) is 5.33. The minimum absolute atomic E-state index is 0.0468. The first-order chi connectivity index (χ1) is 7.95. The maximum Gasteiger partial charge on any atom is 0.0735 e. The van der Waals surface area contributed by atoms with E-state index in [1.165, 1.54) is 19.3 Å². The molecule has 3 atom stereocenters. The predicted molar refractivity (Wildman–Crippen MR) is 73.8 cm³/mol. The number of nitrogens with two attached hydrogens (primary N) is 1. The molecular weight excluding hydrogens is 210 g/mol. The van der Waals surface area contributed by atoms with Gasteiger partial charge in [-0.2, -0.15) is 0 Å². The summed E-state index contributed by atoms with van der Waals surface area (Å²) in [6, 6.07) is 0. The van der Waals surface area contributed by atoms with Crippen LogP contribution in [0, 0.1) is 17.3 Å². The molecule has 0 aromatic carbocycles. The molecule has 0 radical (unpaired) electrons. The highest BCUT2D eigenvalue weighted by Gasteiger charge is 2.51. The SMILES string of the molecule is CCC1CCCC(CN)(C(O)(CC)C(C)C)C1. The number of hydrogen-bond acceptors (Lipinski definition) is 2. The molecule has 1 rings (SSSR count). The van der Waals surface area contributed by atoms with Crippen LogP contribution in [-0.4, -0.2) is 17.3 Å². The van der Waals surface area contributed by atoms with E-state index in [9.17, 15) is 5.11 Å². The molecule has 17 heavy (non-hydrogen) atoms. The maximum absolute atomic E-state index is 11.1. The van der Waals surface area contributed by atoms with Crippen molar-refractivity contribution in [3.63, 3.8) is 0 Å². The van der Waals surface area contributed by atoms with Gasteiger partial charge in [0.1, 0.15) is 0 Å². The van der Waals surface area contributed by atoms with Crippen molar-refractivity contribution in [2.24, 2.45) is 23.0 Å². The minimum atomic E-state index is -0.588. The Morgan fingerprint density at radius 1 is 1.41 bits per heavy atom. The molecule has 2 heteroatoms. The van der Waals surface area contributed by atoms with Crippen LogP contribution >= 0.6 is 0 Å². The summed E-state index contributed by atoms with van der Waals surface area (Å²) < 4.78 is 0. The van der Waals surface area contributed by atoms with E-state index in [0.29, 0.717) is 6.54 Å². The summed E-state index contributed by atoms with van der Waals surface area (Å²) in [4.78, 5) is 0. The molecule has 0 bridgehead atoms. The maximum atomic E-state index is 11.1. The lowest BCUT2D eigenvalue weighted by atomic mass is 9.56. The molecule has 1 aliphatic rings. The van der Waals surface area contributed by atoms with Crippen molar-refractivity contribution in [1.82, 2.24) is 0 Å². The average Bonchev–Trinajstić information content (AvgIpc) is 2.37. The van der Waals surface area contributed by atoms with Gasteiger partial charge in [0.25, 0.3) is 0 Å². The van der Waals surface area contributed by atoms with Crippen LogP contribution in [0.15, 0.2) is 0 Å². The van der Waals surface area contributed by atoms with E-state index < -0.39 is 5.60 Å². The van der Waals surface area contributed by atoms with E-state index in [2.05, 4.69) is 27.7 Å². The van der Waals surface area contributed by atoms with Crippen LogP contribution in [-0.2, 0) is 0 Å². The van der Waals surface area contributed by atoms with Crippen molar-refractivity contribution in [2.75, 3.05) is 6.54 Å². The Labute approximate surface area is 107 Å². The van der Waals surface area contributed by atoms with Gasteiger partial charge in [0.2, 0.25) is 0 Å². The van der Waals surface area contributed by atoms with Crippen molar-refractivity contribution in [1.29, 1.82) is 0 Å². The zero-order valence-corrected chi connectivity index (χ0v) is 12.1. The third kappa shape index (κ3) is 2.53. The van der Waals surface area contributed by atoms with E-state index >= 15 is 0 Å². The molecule has 1 saturated carbocycles. The highest BCUT2D eigenvalue weighted by Crippen LogP contribution is 2.51. The molecule has 0 heterocycles. The van der Waals surface area contributed by atoms with E-state index in [4.69, 9.17) is 5.73 Å². The fourth-order valence-electron chi connectivity index (χ4n) is 3.99. The van der Waals surface area contributed by atoms with Gasteiger partial charge < -0.3 is 10.8 Å². The molecule has 1 aliphatic carbocycles. The Kier molecular flexibility index (Phi) is 5.03. The van der Waals surface area contributed by atoms with Crippen LogP contribution in [0.4, 0.5) is 0 Å². The summed E-state index contributed by atoms with van der Waals surface area (Å²) in [5.74, 6) is 1.04. The van der Waals surface area contributed by atoms with Gasteiger partial charge in [0.15, 0.2) is 0 Å². The Morgan fingerprint density at radius 3 is 2.47 bits per heavy atom. The van der Waals surface area contributed by atoms with Gasteiger partial charge in [0, 0.05) is 12.0 Å². The second-order valence-electron chi connectivity index (χ2n) is 6.29. The quantitative estimate of drug-likeness (QED) is 0.775. The van der Waals surface area contributed by atoms with Crippen molar-refractivity contribution in [3.05, 3.63) is 0 Å². The van der Waals surface area contributed by atoms with Crippen molar-refractivity contribution >= 4 is 0 Å². The van der Waals surface area contributed by atoms with Gasteiger partial charge in [-0.3, -0.25) is 0 Å². The van der Waals surface area contributed by atoms with Crippen molar-refractivity contribution < 1.29 is 5.11 Å². The standard InChI is InChI=1S/C15H31NO/c1-5-13-8-7-9-14(10-13,11-16)15(17,6-2)12(3)4/h12-13,17H,5-11,16H2,1-4H3. The molecular formula is C15H31NO. The molecule has 0 aliphatic heterocycles. The molecule has 0 aromatic heterocycles. The van der Waals surface area contributed by atoms with Gasteiger partial charge >= 0.3 is 0 Å². The normalized spacial score (nSPS) is 33.7. The van der Waals surface area contributed by atoms with Crippen molar-refractivity contribution in [3.8, 4) is 0 Å². The van der Waals surface area contributed by atoms with E-state index in [1.807, 2.05) is 0 Å². The van der Waals surface area contributed by atoms with Crippen LogP contribution < -0.4 is 5.73 Å². The zero-order chi connectivity index (χ0) is 13.1. The molecule has 0 amide bonds. The largest absolute Gasteiger partial charge is 0.389 e. The second kappa shape index (κ2) is 5.71. The Morgan fingerprint density at radius 2 is 2.06 bits per heavy atom. The third-order valence-electron chi connectivity index (χ3n) is 5.33. The molecule has 1 fully saturated rings. The predicted octanol–water partition coefficient (Wildman–Crippen LogP) is 3.33. The number of hydrogen-bond donors (Lipinski definition) is 2. The van der Waals surface area contributed by atoms with Gasteiger partial charge in [-0.1, -0.05) is 47.0 Å². The van der Waals surface area contributed by atoms with E-state index in [-0.39, 0.29) is 11.3 Å². The summed E-state index contributed by atoms with van der Waals surface area (Å²) in [5.41, 5.74) is 5.46. The number of aliphatic hydroxyl groups is 1. The lowest BCUT2D eigenvalue weighted by molar-refractivity contribution is -0.141. The molecule has 3 N–H and O–H groups in total. The molecule has 0 spiro atoms. The monoisotopic (exact) mass is 241 g/mol. The second-order valence-corrected chi connectivity index (χ2v) is 6.29. The topological polar surface area (TPSA) is 46.2 Å². The average molecular weight is 241 g/mol. The highest BCUT2D eigenvalue weighted by atomic mass is 16.3. The van der Waals surface area contributed by atoms with Gasteiger partial charge in [0.05, 0.1) is 5.60 Å². The van der Waals surface area contributed by atoms with Crippen LogP contribution in [0.1, 0.15) is 66.2 Å². The lowest BCUT2D eigenvalue weighted by Crippen LogP contribution is -2.57. The summed E-state index contributed by atoms with van der Waals surface area (Å²) in [5, 5.41) is 11.1. The fourth-order valence-corrected chi connectivity index (χ4v) is 3.99. The van der Waals surface area contributed by atoms with E-state index in [1.54, 1.807) is 0 Å². The van der Waals surface area contributed by atoms with Crippen LogP contribution in [0.25, 0.3) is 0 Å². The number of rotatable bonds is 5. The van der Waals surface area contributed by atoms with E-state index in [0.717, 1.165) is 25.2 Å². The molecule has 2 nitrogen and oxygen atoms in total. The highest BCUT2D eigenvalue weighted by molar-refractivity contribution is 5.03. The smallest absolute Gasteiger partial charge is 0.0735 e. The first-order valence-corrected chi connectivity index (χ1v) is 7.38.